The molecule has 2 fully saturated rings. The van der Waals surface area contributed by atoms with E-state index in [1.165, 1.54) is 11.0 Å². The van der Waals surface area contributed by atoms with Crippen molar-refractivity contribution in [3.05, 3.63) is 48.1 Å². The number of piperidine rings is 1. The molecule has 0 bridgehead atoms. The topological polar surface area (TPSA) is 106 Å². The molecule has 2 amide bonds. The summed E-state index contributed by atoms with van der Waals surface area (Å²) in [5.41, 5.74) is 2.05. The quantitative estimate of drug-likeness (QED) is 0.280. The summed E-state index contributed by atoms with van der Waals surface area (Å²) in [6.45, 7) is 19.6. The molecular weight excluding hydrogens is 497 g/mol. The van der Waals surface area contributed by atoms with Crippen LogP contribution in [-0.4, -0.2) is 75.0 Å². The van der Waals surface area contributed by atoms with Gasteiger partial charge in [-0.15, -0.1) is 6.04 Å². The van der Waals surface area contributed by atoms with Gasteiger partial charge in [-0.25, -0.2) is 4.79 Å². The van der Waals surface area contributed by atoms with Gasteiger partial charge in [-0.05, 0) is 44.9 Å². The van der Waals surface area contributed by atoms with Crippen LogP contribution in [0.25, 0.3) is 11.0 Å². The molecule has 0 saturated carbocycles. The van der Waals surface area contributed by atoms with E-state index >= 15 is 0 Å². The van der Waals surface area contributed by atoms with Gasteiger partial charge in [0.15, 0.2) is 0 Å². The van der Waals surface area contributed by atoms with E-state index in [0.717, 1.165) is 55.7 Å². The summed E-state index contributed by atoms with van der Waals surface area (Å²) in [4.78, 5) is 50.9. The Morgan fingerprint density at radius 2 is 1.79 bits per heavy atom. The van der Waals surface area contributed by atoms with Crippen LogP contribution in [0.3, 0.4) is 0 Å². The van der Waals surface area contributed by atoms with Crippen molar-refractivity contribution in [2.75, 3.05) is 26.2 Å². The predicted molar refractivity (Wildman–Crippen MR) is 141 cm³/mol. The second kappa shape index (κ2) is 13.9. The average molecular weight is 536 g/mol. The van der Waals surface area contributed by atoms with E-state index in [-0.39, 0.29) is 59.2 Å². The van der Waals surface area contributed by atoms with Gasteiger partial charge in [0, 0.05) is 46.2 Å². The SMILES string of the molecule is CC(C)(C)O[C-]=O.[CH2-]C[C@H]([CH2-])N1CCN(Cc2ccc3c(c2)n(C)c(=O)n3C2CCC(=O)NC2=O)CC1.[Na+]. The van der Waals surface area contributed by atoms with Crippen LogP contribution in [0.5, 0.6) is 0 Å². The Bertz CT molecular complexity index is 1180. The number of nitrogens with one attached hydrogen (secondary N) is 1. The Hall–Kier alpha value is -1.98. The number of aromatic nitrogens is 2. The number of aryl methyl sites for hydroxylation is 1. The van der Waals surface area contributed by atoms with Gasteiger partial charge < -0.3 is 28.3 Å². The first-order valence-corrected chi connectivity index (χ1v) is 12.6. The van der Waals surface area contributed by atoms with Crippen molar-refractivity contribution < 1.29 is 48.7 Å². The van der Waals surface area contributed by atoms with Crippen LogP contribution in [0, 0.1) is 13.8 Å². The second-order valence-electron chi connectivity index (χ2n) is 10.6. The summed E-state index contributed by atoms with van der Waals surface area (Å²) in [6.07, 6.45) is 1.40. The second-order valence-corrected chi connectivity index (χ2v) is 10.6. The van der Waals surface area contributed by atoms with Crippen LogP contribution >= 0.6 is 0 Å². The number of imidazole rings is 1. The first kappa shape index (κ1) is 32.2. The Morgan fingerprint density at radius 3 is 2.32 bits per heavy atom. The molecule has 2 aliphatic rings. The summed E-state index contributed by atoms with van der Waals surface area (Å²) >= 11 is 0. The van der Waals surface area contributed by atoms with Crippen LogP contribution < -0.4 is 40.6 Å². The normalized spacial score (nSPS) is 19.7. The number of nitrogens with zero attached hydrogens (tertiary/aromatic N) is 4. The number of carbonyl (C=O) groups excluding carboxylic acids is 3. The van der Waals surface area contributed by atoms with E-state index in [9.17, 15) is 19.2 Å². The number of benzene rings is 1. The smallest absolute Gasteiger partial charge is 0.649 e. The first-order valence-electron chi connectivity index (χ1n) is 12.6. The zero-order valence-corrected chi connectivity index (χ0v) is 25.3. The molecule has 0 spiro atoms. The fourth-order valence-corrected chi connectivity index (χ4v) is 4.59. The summed E-state index contributed by atoms with van der Waals surface area (Å²) in [6, 6.07) is 5.59. The number of fused-ring (bicyclic) bond motifs is 1. The van der Waals surface area contributed by atoms with Gasteiger partial charge >= 0.3 is 35.2 Å². The summed E-state index contributed by atoms with van der Waals surface area (Å²) < 4.78 is 7.53. The molecule has 1 aromatic heterocycles. The molecule has 3 heterocycles. The molecule has 204 valence electrons. The van der Waals surface area contributed by atoms with Gasteiger partial charge in [-0.1, -0.05) is 12.5 Å². The number of ether oxygens (including phenoxy) is 1. The summed E-state index contributed by atoms with van der Waals surface area (Å²) in [5.74, 6) is -0.693. The van der Waals surface area contributed by atoms with Gasteiger partial charge in [0.1, 0.15) is 6.04 Å². The first-order chi connectivity index (χ1) is 17.4. The molecule has 2 aromatic rings. The Balaban J connectivity index is 0.000000561. The van der Waals surface area contributed by atoms with Crippen LogP contribution in [0.15, 0.2) is 23.0 Å². The van der Waals surface area contributed by atoms with E-state index in [4.69, 9.17) is 0 Å². The molecule has 2 saturated heterocycles. The Labute approximate surface area is 246 Å². The van der Waals surface area contributed by atoms with E-state index in [2.05, 4.69) is 33.7 Å². The number of carbonyl (C=O) groups is 2. The molecular formula is C27H38N5NaO5-2. The minimum absolute atomic E-state index is 0. The van der Waals surface area contributed by atoms with Crippen LogP contribution in [0.1, 0.15) is 51.6 Å². The third kappa shape index (κ3) is 8.02. The Kier molecular flexibility index (Phi) is 11.8. The number of rotatable bonds is 6. The number of imide groups is 1. The van der Waals surface area contributed by atoms with E-state index in [1.807, 2.05) is 18.2 Å². The maximum Gasteiger partial charge on any atom is 1.00 e. The number of hydrogen-bond donors (Lipinski definition) is 1. The van der Waals surface area contributed by atoms with Gasteiger partial charge in [-0.3, -0.25) is 28.9 Å². The third-order valence-corrected chi connectivity index (χ3v) is 6.69. The predicted octanol–water partition coefficient (Wildman–Crippen LogP) is -1.27. The standard InChI is InChI=1S/C22H29N5O3.C5H9O2.Na/c1-4-15(2)26-11-9-25(10-12-26)14-16-5-6-17-19(13-16)24(3)22(30)27(17)18-7-8-20(28)23-21(18)29;1-5(2,3)7-4-6;/h5-6,13,15,18H,1-2,4,7-12,14H2,3H3,(H,23,28,29);1-3H3;/q-2;-1;+1/t15-,18?;;/m0../s1. The molecule has 11 heteroatoms. The van der Waals surface area contributed by atoms with Crippen molar-refractivity contribution in [3.63, 3.8) is 0 Å². The zero-order valence-electron chi connectivity index (χ0n) is 23.3. The molecule has 1 aromatic carbocycles. The molecule has 38 heavy (non-hydrogen) atoms. The molecule has 1 N–H and O–H groups in total. The minimum Gasteiger partial charge on any atom is -0.649 e. The van der Waals surface area contributed by atoms with Crippen LogP contribution in [-0.2, 0) is 32.7 Å². The fourth-order valence-electron chi connectivity index (χ4n) is 4.59. The largest absolute Gasteiger partial charge is 1.00 e. The summed E-state index contributed by atoms with van der Waals surface area (Å²) in [5, 5.41) is 2.34. The molecule has 0 aliphatic carbocycles. The van der Waals surface area contributed by atoms with E-state index in [0.29, 0.717) is 6.42 Å². The number of hydrogen-bond acceptors (Lipinski definition) is 7. The number of amides is 2. The molecule has 2 atom stereocenters. The number of piperazine rings is 1. The Morgan fingerprint density at radius 1 is 1.13 bits per heavy atom. The van der Waals surface area contributed by atoms with Crippen molar-refractivity contribution in [1.29, 1.82) is 0 Å². The van der Waals surface area contributed by atoms with Crippen molar-refractivity contribution in [1.82, 2.24) is 24.3 Å². The fraction of sp³-hybridized carbons (Fsp3) is 0.556. The maximum absolute atomic E-state index is 12.9. The van der Waals surface area contributed by atoms with Crippen molar-refractivity contribution in [2.45, 2.75) is 64.3 Å². The molecule has 2 aliphatic heterocycles. The zero-order chi connectivity index (χ0) is 27.3. The molecule has 10 nitrogen and oxygen atoms in total. The molecule has 4 rings (SSSR count). The molecule has 0 radical (unpaired) electrons. The van der Waals surface area contributed by atoms with Crippen molar-refractivity contribution in [2.24, 2.45) is 7.05 Å². The minimum atomic E-state index is -0.651. The maximum atomic E-state index is 12.9. The van der Waals surface area contributed by atoms with E-state index < -0.39 is 11.9 Å². The van der Waals surface area contributed by atoms with Gasteiger partial charge in [-0.2, -0.15) is 6.42 Å². The third-order valence-electron chi connectivity index (χ3n) is 6.69. The van der Waals surface area contributed by atoms with Crippen molar-refractivity contribution >= 4 is 29.3 Å². The average Bonchev–Trinajstić information content (AvgIpc) is 3.08. The van der Waals surface area contributed by atoms with Crippen LogP contribution in [0.2, 0.25) is 0 Å². The monoisotopic (exact) mass is 535 g/mol. The van der Waals surface area contributed by atoms with Crippen molar-refractivity contribution in [3.8, 4) is 0 Å². The van der Waals surface area contributed by atoms with Gasteiger partial charge in [0.2, 0.25) is 11.8 Å². The summed E-state index contributed by atoms with van der Waals surface area (Å²) in [7, 11) is 1.72. The van der Waals surface area contributed by atoms with Gasteiger partial charge in [0.25, 0.3) is 0 Å². The molecule has 1 unspecified atom stereocenters. The van der Waals surface area contributed by atoms with Gasteiger partial charge in [0.05, 0.1) is 16.6 Å². The van der Waals surface area contributed by atoms with Crippen LogP contribution in [0.4, 0.5) is 0 Å². The van der Waals surface area contributed by atoms with E-state index in [1.54, 1.807) is 32.4 Å².